The van der Waals surface area contributed by atoms with Crippen molar-refractivity contribution >= 4 is 50.7 Å². The molecule has 11 heteroatoms. The van der Waals surface area contributed by atoms with E-state index in [0.29, 0.717) is 28.0 Å². The summed E-state index contributed by atoms with van der Waals surface area (Å²) in [7, 11) is -2.37. The molecule has 8 nitrogen and oxygen atoms in total. The van der Waals surface area contributed by atoms with Crippen molar-refractivity contribution < 1.29 is 22.7 Å². The highest BCUT2D eigenvalue weighted by molar-refractivity contribution is 7.92. The molecule has 1 N–H and O–H groups in total. The fourth-order valence-electron chi connectivity index (χ4n) is 3.13. The minimum Gasteiger partial charge on any atom is -0.494 e. The lowest BCUT2D eigenvalue weighted by atomic mass is 10.1. The van der Waals surface area contributed by atoms with Gasteiger partial charge in [0.2, 0.25) is 21.8 Å². The van der Waals surface area contributed by atoms with Crippen molar-refractivity contribution in [2.24, 2.45) is 0 Å². The molecule has 0 heterocycles. The van der Waals surface area contributed by atoms with Crippen LogP contribution in [0.4, 0.5) is 5.69 Å². The fraction of sp³-hybridized carbons (Fsp3) is 0.364. The van der Waals surface area contributed by atoms with Crippen LogP contribution in [0.1, 0.15) is 19.4 Å². The Balaban J connectivity index is 2.41. The minimum absolute atomic E-state index is 0.0766. The van der Waals surface area contributed by atoms with Gasteiger partial charge in [0.05, 0.1) is 18.6 Å². The maximum atomic E-state index is 13.4. The molecular weight excluding hydrogens is 489 g/mol. The molecule has 33 heavy (non-hydrogen) atoms. The predicted octanol–water partition coefficient (Wildman–Crippen LogP) is 3.32. The molecule has 0 aromatic heterocycles. The van der Waals surface area contributed by atoms with Crippen LogP contribution in [0.15, 0.2) is 42.5 Å². The summed E-state index contributed by atoms with van der Waals surface area (Å²) in [5, 5.41) is 3.16. The van der Waals surface area contributed by atoms with E-state index in [1.165, 1.54) is 11.9 Å². The van der Waals surface area contributed by atoms with Crippen LogP contribution in [0, 0.1) is 0 Å². The number of ether oxygens (including phenoxy) is 1. The zero-order chi connectivity index (χ0) is 24.8. The summed E-state index contributed by atoms with van der Waals surface area (Å²) in [5.41, 5.74) is 0.745. The first-order valence-corrected chi connectivity index (χ1v) is 12.7. The van der Waals surface area contributed by atoms with Crippen molar-refractivity contribution in [1.82, 2.24) is 10.2 Å². The average molecular weight is 516 g/mol. The number of nitrogens with one attached hydrogen (secondary N) is 1. The number of amides is 2. The zero-order valence-electron chi connectivity index (χ0n) is 18.8. The van der Waals surface area contributed by atoms with Gasteiger partial charge >= 0.3 is 0 Å². The number of rotatable bonds is 10. The highest BCUT2D eigenvalue weighted by Crippen LogP contribution is 2.27. The van der Waals surface area contributed by atoms with Gasteiger partial charge in [-0.3, -0.25) is 13.9 Å². The molecule has 0 fully saturated rings. The second-order valence-corrected chi connectivity index (χ2v) is 9.93. The predicted molar refractivity (Wildman–Crippen MR) is 130 cm³/mol. The van der Waals surface area contributed by atoms with Crippen LogP contribution >= 0.6 is 23.2 Å². The van der Waals surface area contributed by atoms with Crippen molar-refractivity contribution in [1.29, 1.82) is 0 Å². The maximum Gasteiger partial charge on any atom is 0.244 e. The van der Waals surface area contributed by atoms with Gasteiger partial charge in [-0.15, -0.1) is 0 Å². The Labute approximate surface area is 204 Å². The van der Waals surface area contributed by atoms with E-state index in [-0.39, 0.29) is 12.2 Å². The van der Waals surface area contributed by atoms with Crippen LogP contribution in [0.3, 0.4) is 0 Å². The summed E-state index contributed by atoms with van der Waals surface area (Å²) in [5.74, 6) is -0.441. The molecule has 0 aliphatic carbocycles. The van der Waals surface area contributed by atoms with Gasteiger partial charge in [-0.25, -0.2) is 8.42 Å². The van der Waals surface area contributed by atoms with E-state index >= 15 is 0 Å². The van der Waals surface area contributed by atoms with E-state index in [4.69, 9.17) is 27.9 Å². The molecule has 1 atom stereocenters. The van der Waals surface area contributed by atoms with E-state index < -0.39 is 34.4 Å². The lowest BCUT2D eigenvalue weighted by Gasteiger charge is -2.31. The molecule has 0 aliphatic heterocycles. The SMILES string of the molecule is CCOc1ccc(N(CC(=O)N(Cc2c(Cl)cccc2Cl)C(C)C(=O)NC)S(C)(=O)=O)cc1. The highest BCUT2D eigenvalue weighted by Gasteiger charge is 2.30. The number of halogens is 2. The van der Waals surface area contributed by atoms with Crippen LogP contribution < -0.4 is 14.4 Å². The Bertz CT molecular complexity index is 1070. The van der Waals surface area contributed by atoms with E-state index in [0.717, 1.165) is 10.6 Å². The van der Waals surface area contributed by atoms with Crippen molar-refractivity contribution in [2.75, 3.05) is 30.8 Å². The van der Waals surface area contributed by atoms with Gasteiger partial charge in [-0.2, -0.15) is 0 Å². The lowest BCUT2D eigenvalue weighted by molar-refractivity contribution is -0.139. The van der Waals surface area contributed by atoms with Crippen LogP contribution in [0.5, 0.6) is 5.75 Å². The zero-order valence-corrected chi connectivity index (χ0v) is 21.2. The van der Waals surface area contributed by atoms with Crippen LogP contribution in [-0.4, -0.2) is 57.6 Å². The van der Waals surface area contributed by atoms with E-state index in [1.54, 1.807) is 49.4 Å². The maximum absolute atomic E-state index is 13.4. The average Bonchev–Trinajstić information content (AvgIpc) is 2.76. The Kier molecular flexibility index (Phi) is 9.39. The van der Waals surface area contributed by atoms with Gasteiger partial charge in [0.15, 0.2) is 0 Å². The quantitative estimate of drug-likeness (QED) is 0.523. The second kappa shape index (κ2) is 11.6. The Morgan fingerprint density at radius 1 is 1.09 bits per heavy atom. The number of carbonyl (C=O) groups excluding carboxylic acids is 2. The van der Waals surface area contributed by atoms with E-state index in [9.17, 15) is 18.0 Å². The van der Waals surface area contributed by atoms with Gasteiger partial charge in [0.25, 0.3) is 0 Å². The lowest BCUT2D eigenvalue weighted by Crippen LogP contribution is -2.50. The molecule has 2 amide bonds. The Morgan fingerprint density at radius 3 is 2.15 bits per heavy atom. The van der Waals surface area contributed by atoms with Crippen molar-refractivity contribution in [3.8, 4) is 5.75 Å². The Hall–Kier alpha value is -2.49. The summed E-state index contributed by atoms with van der Waals surface area (Å²) in [6, 6.07) is 10.4. The standard InChI is InChI=1S/C22H27Cl2N3O5S/c1-5-32-17-11-9-16(10-12-17)27(33(4,30)31)14-21(28)26(15(2)22(29)25-3)13-18-19(23)7-6-8-20(18)24/h6-12,15H,5,13-14H2,1-4H3,(H,25,29). The van der Waals surface area contributed by atoms with Gasteiger partial charge in [-0.05, 0) is 50.2 Å². The molecule has 0 aliphatic rings. The van der Waals surface area contributed by atoms with Crippen LogP contribution in [0.25, 0.3) is 0 Å². The Morgan fingerprint density at radius 2 is 1.67 bits per heavy atom. The highest BCUT2D eigenvalue weighted by atomic mass is 35.5. The molecule has 0 spiro atoms. The van der Waals surface area contributed by atoms with E-state index in [1.807, 2.05) is 6.92 Å². The largest absolute Gasteiger partial charge is 0.494 e. The van der Waals surface area contributed by atoms with Crippen molar-refractivity contribution in [2.45, 2.75) is 26.4 Å². The number of hydrogen-bond donors (Lipinski definition) is 1. The first-order chi connectivity index (χ1) is 15.5. The molecule has 180 valence electrons. The number of hydrogen-bond acceptors (Lipinski definition) is 5. The van der Waals surface area contributed by atoms with Gasteiger partial charge in [0.1, 0.15) is 18.3 Å². The molecular formula is C22H27Cl2N3O5S. The molecule has 1 unspecified atom stereocenters. The van der Waals surface area contributed by atoms with Crippen molar-refractivity contribution in [3.63, 3.8) is 0 Å². The smallest absolute Gasteiger partial charge is 0.244 e. The fourth-order valence-corrected chi connectivity index (χ4v) is 4.50. The first kappa shape index (κ1) is 26.8. The molecule has 2 aromatic rings. The molecule has 0 radical (unpaired) electrons. The molecule has 0 saturated carbocycles. The summed E-state index contributed by atoms with van der Waals surface area (Å²) in [6.07, 6.45) is 1.01. The molecule has 2 aromatic carbocycles. The number of benzene rings is 2. The van der Waals surface area contributed by atoms with Gasteiger partial charge < -0.3 is 15.0 Å². The number of carbonyl (C=O) groups is 2. The number of sulfonamides is 1. The summed E-state index contributed by atoms with van der Waals surface area (Å²) >= 11 is 12.5. The number of anilines is 1. The topological polar surface area (TPSA) is 96.0 Å². The summed E-state index contributed by atoms with van der Waals surface area (Å²) < 4.78 is 31.4. The van der Waals surface area contributed by atoms with Crippen LogP contribution in [-0.2, 0) is 26.2 Å². The first-order valence-electron chi connectivity index (χ1n) is 10.1. The van der Waals surface area contributed by atoms with Crippen LogP contribution in [0.2, 0.25) is 10.0 Å². The van der Waals surface area contributed by atoms with E-state index in [2.05, 4.69) is 5.32 Å². The molecule has 2 rings (SSSR count). The second-order valence-electron chi connectivity index (χ2n) is 7.21. The third kappa shape index (κ3) is 6.99. The third-order valence-electron chi connectivity index (χ3n) is 4.92. The van der Waals surface area contributed by atoms with Crippen molar-refractivity contribution in [3.05, 3.63) is 58.1 Å². The summed E-state index contributed by atoms with van der Waals surface area (Å²) in [4.78, 5) is 27.0. The number of likely N-dealkylation sites (N-methyl/N-ethyl adjacent to an activating group) is 1. The summed E-state index contributed by atoms with van der Waals surface area (Å²) in [6.45, 7) is 3.25. The van der Waals surface area contributed by atoms with Gasteiger partial charge in [-0.1, -0.05) is 29.3 Å². The third-order valence-corrected chi connectivity index (χ3v) is 6.77. The van der Waals surface area contributed by atoms with Gasteiger partial charge in [0, 0.05) is 29.2 Å². The normalized spacial score (nSPS) is 12.1. The number of nitrogens with zero attached hydrogens (tertiary/aromatic N) is 2. The minimum atomic E-state index is -3.82. The molecule has 0 bridgehead atoms. The monoisotopic (exact) mass is 515 g/mol. The molecule has 0 saturated heterocycles.